The van der Waals surface area contributed by atoms with Crippen molar-refractivity contribution >= 4 is 43.1 Å². The third-order valence-corrected chi connectivity index (χ3v) is 7.57. The van der Waals surface area contributed by atoms with E-state index in [1.54, 1.807) is 0 Å². The summed E-state index contributed by atoms with van der Waals surface area (Å²) in [5, 5.41) is -3.26. The Morgan fingerprint density at radius 1 is 0.333 bits per heavy atom. The fourth-order valence-electron chi connectivity index (χ4n) is 5.61. The third-order valence-electron chi connectivity index (χ3n) is 7.57. The average molecular weight is 597 g/mol. The molecule has 9 aromatic rings. The summed E-state index contributed by atoms with van der Waals surface area (Å²) in [5.41, 5.74) is -5.43. The molecule has 1 aliphatic rings. The number of hydrogen-bond donors (Lipinski definition) is 0. The second kappa shape index (κ2) is 9.29. The van der Waals surface area contributed by atoms with Crippen molar-refractivity contribution in [3.05, 3.63) is 157 Å². The van der Waals surface area contributed by atoms with Crippen LogP contribution in [0, 0.1) is 0 Å². The molecule has 0 aliphatic carbocycles. The maximum Gasteiger partial charge on any atom is 0.135 e. The Bertz CT molecular complexity index is 4030. The van der Waals surface area contributed by atoms with Gasteiger partial charge in [-0.1, -0.05) is 133 Å². The molecule has 0 unspecified atom stereocenters. The van der Waals surface area contributed by atoms with Gasteiger partial charge in [0, 0.05) is 10.9 Å². The normalized spacial score (nSPS) is 20.3. The van der Waals surface area contributed by atoms with E-state index in [4.69, 9.17) is 30.8 Å². The van der Waals surface area contributed by atoms with Crippen LogP contribution in [0.25, 0.3) is 87.6 Å². The maximum absolute atomic E-state index is 9.72. The molecule has 0 radical (unpaired) electrons. The van der Waals surface area contributed by atoms with Gasteiger partial charge >= 0.3 is 0 Å². The van der Waals surface area contributed by atoms with E-state index in [0.717, 1.165) is 0 Å². The summed E-state index contributed by atoms with van der Waals surface area (Å²) in [7, 11) is 0. The van der Waals surface area contributed by atoms with E-state index >= 15 is 0 Å². The lowest BCUT2D eigenvalue weighted by molar-refractivity contribution is 0.487. The van der Waals surface area contributed by atoms with E-state index in [9.17, 15) is 9.60 Å². The van der Waals surface area contributed by atoms with Crippen LogP contribution in [0.4, 0.5) is 0 Å². The SMILES string of the molecule is [2H]c1c([2H])c([2H])c(-c2c([2H])c([2H])c3c4c(c([2H])c([2H])c([2H])c24)-c2c([2H])c(-c4c([2H])c([2H])c([2H])c(-c5c([2H])c([2H])c6c([2H])c([2H])c7c([2H])c([2H])c([2H])c8c([2H])c([2H])c5c6c78)c4[2H])c([2H])c([2H])c2O3)c([2H])c1[2H]. The van der Waals surface area contributed by atoms with E-state index < -0.39 is 245 Å². The first-order valence-corrected chi connectivity index (χ1v) is 13.4. The number of rotatable bonds is 3. The molecule has 0 saturated carbocycles. The van der Waals surface area contributed by atoms with Crippen molar-refractivity contribution in [2.45, 2.75) is 0 Å². The molecule has 1 nitrogen and oxygen atoms in total. The molecular weight excluding hydrogens is 544 g/mol. The first-order valence-electron chi connectivity index (χ1n) is 26.4. The van der Waals surface area contributed by atoms with Gasteiger partial charge in [-0.15, -0.1) is 0 Å². The summed E-state index contributed by atoms with van der Waals surface area (Å²) in [4.78, 5) is 0. The Balaban J connectivity index is 1.36. The Hall–Kier alpha value is -5.92. The summed E-state index contributed by atoms with van der Waals surface area (Å²) >= 11 is 0. The summed E-state index contributed by atoms with van der Waals surface area (Å²) in [6, 6.07) is -22.0. The monoisotopic (exact) mass is 596 g/mol. The molecule has 1 aliphatic heterocycles. The largest absolute Gasteiger partial charge is 0.456 e. The predicted octanol–water partition coefficient (Wildman–Crippen LogP) is 12.5. The summed E-state index contributed by atoms with van der Waals surface area (Å²) in [6.07, 6.45) is 0. The lowest BCUT2D eigenvalue weighted by Crippen LogP contribution is -1.98. The fraction of sp³-hybridized carbons (Fsp3) is 0. The summed E-state index contributed by atoms with van der Waals surface area (Å²) in [5.74, 6) is -1.32. The van der Waals surface area contributed by atoms with Crippen LogP contribution in [-0.2, 0) is 0 Å². The number of hydrogen-bond acceptors (Lipinski definition) is 1. The molecule has 208 valence electrons. The lowest BCUT2D eigenvalue weighted by atomic mass is 9.88. The molecular formula is C44H26O. The highest BCUT2D eigenvalue weighted by Gasteiger charge is 2.22. The topological polar surface area (TPSA) is 9.23 Å². The average Bonchev–Trinajstić information content (AvgIpc) is 3.33. The summed E-state index contributed by atoms with van der Waals surface area (Å²) < 4.78 is 239. The predicted molar refractivity (Wildman–Crippen MR) is 189 cm³/mol. The second-order valence-electron chi connectivity index (χ2n) is 10.0. The standard InChI is InChI=1S/C44H26O/c1-2-7-27(8-3-1)34-22-24-41-44-36(34)13-6-14-37(44)39-26-32(19-23-40(39)45-41)31-11-5-12-33(25-31)35-20-17-30-16-15-28-9-4-10-29-18-21-38(35)43(30)42(28)29/h1-26H/i1D,2D,3D,4D,5D,6D,7D,8D,9D,10D,11D,12D,13D,14D,15D,16D,17D,18D,19D,20D,21D,22D,23D,24D,25D,26D. The first-order chi connectivity index (χ1) is 33.2. The zero-order valence-electron chi connectivity index (χ0n) is 48.4. The maximum atomic E-state index is 9.72. The van der Waals surface area contributed by atoms with Gasteiger partial charge in [0.2, 0.25) is 0 Å². The van der Waals surface area contributed by atoms with Crippen LogP contribution in [-0.4, -0.2) is 0 Å². The Kier molecular flexibility index (Phi) is 2.13. The molecule has 0 N–H and O–H groups in total. The molecule has 1 heterocycles. The van der Waals surface area contributed by atoms with Gasteiger partial charge in [0.05, 0.1) is 35.6 Å². The molecule has 0 spiro atoms. The molecule has 0 amide bonds. The molecule has 1 heteroatoms. The van der Waals surface area contributed by atoms with Gasteiger partial charge < -0.3 is 4.74 Å². The van der Waals surface area contributed by atoms with Gasteiger partial charge in [-0.25, -0.2) is 0 Å². The van der Waals surface area contributed by atoms with E-state index in [-0.39, 0.29) is 10.8 Å². The lowest BCUT2D eigenvalue weighted by Gasteiger charge is -2.23. The molecule has 0 bridgehead atoms. The third kappa shape index (κ3) is 3.62. The number of ether oxygens (including phenoxy) is 1. The molecule has 0 aromatic heterocycles. The molecule has 10 rings (SSSR count). The Labute approximate surface area is 297 Å². The van der Waals surface area contributed by atoms with Crippen LogP contribution in [0.3, 0.4) is 0 Å². The second-order valence-corrected chi connectivity index (χ2v) is 10.0. The fourth-order valence-corrected chi connectivity index (χ4v) is 5.61. The minimum absolute atomic E-state index is 0.261. The van der Waals surface area contributed by atoms with Crippen molar-refractivity contribution in [2.75, 3.05) is 0 Å². The number of benzene rings is 9. The van der Waals surface area contributed by atoms with Gasteiger partial charge in [0.25, 0.3) is 0 Å². The van der Waals surface area contributed by atoms with Gasteiger partial charge in [-0.3, -0.25) is 0 Å². The van der Waals surface area contributed by atoms with Crippen LogP contribution in [0.2, 0.25) is 0 Å². The number of fused-ring (bicyclic) bond motifs is 2. The Morgan fingerprint density at radius 3 is 1.84 bits per heavy atom. The van der Waals surface area contributed by atoms with Crippen molar-refractivity contribution in [3.63, 3.8) is 0 Å². The molecule has 0 saturated heterocycles. The van der Waals surface area contributed by atoms with Crippen LogP contribution >= 0.6 is 0 Å². The van der Waals surface area contributed by atoms with Crippen molar-refractivity contribution in [2.24, 2.45) is 0 Å². The van der Waals surface area contributed by atoms with Crippen molar-refractivity contribution in [3.8, 4) is 56.0 Å². The summed E-state index contributed by atoms with van der Waals surface area (Å²) in [6.45, 7) is 0. The molecule has 0 atom stereocenters. The van der Waals surface area contributed by atoms with Gasteiger partial charge in [0.15, 0.2) is 0 Å². The van der Waals surface area contributed by atoms with E-state index in [1.165, 1.54) is 0 Å². The highest BCUT2D eigenvalue weighted by molar-refractivity contribution is 6.25. The van der Waals surface area contributed by atoms with E-state index in [1.807, 2.05) is 0 Å². The first kappa shape index (κ1) is 10.3. The highest BCUT2D eigenvalue weighted by Crippen LogP contribution is 2.49. The van der Waals surface area contributed by atoms with Gasteiger partial charge in [-0.2, -0.15) is 0 Å². The van der Waals surface area contributed by atoms with Crippen LogP contribution < -0.4 is 4.74 Å². The van der Waals surface area contributed by atoms with Gasteiger partial charge in [0.1, 0.15) is 11.5 Å². The van der Waals surface area contributed by atoms with Crippen molar-refractivity contribution in [1.29, 1.82) is 0 Å². The van der Waals surface area contributed by atoms with Crippen LogP contribution in [0.5, 0.6) is 11.5 Å². The van der Waals surface area contributed by atoms with Crippen LogP contribution in [0.1, 0.15) is 35.6 Å². The zero-order valence-corrected chi connectivity index (χ0v) is 22.4. The van der Waals surface area contributed by atoms with Crippen molar-refractivity contribution in [1.82, 2.24) is 0 Å². The van der Waals surface area contributed by atoms with E-state index in [0.29, 0.717) is 0 Å². The molecule has 0 fully saturated rings. The van der Waals surface area contributed by atoms with E-state index in [2.05, 4.69) is 0 Å². The molecule has 45 heavy (non-hydrogen) atoms. The van der Waals surface area contributed by atoms with Crippen LogP contribution in [0.15, 0.2) is 157 Å². The molecule has 9 aromatic carbocycles. The zero-order chi connectivity index (χ0) is 52.1. The Morgan fingerprint density at radius 2 is 0.956 bits per heavy atom. The quantitative estimate of drug-likeness (QED) is 0.184. The van der Waals surface area contributed by atoms with Gasteiger partial charge in [-0.05, 0) is 101 Å². The smallest absolute Gasteiger partial charge is 0.135 e. The minimum atomic E-state index is -1.01. The highest BCUT2D eigenvalue weighted by atomic mass is 16.5. The minimum Gasteiger partial charge on any atom is -0.456 e. The van der Waals surface area contributed by atoms with Crippen molar-refractivity contribution < 1.29 is 40.4 Å².